The van der Waals surface area contributed by atoms with Crippen LogP contribution in [0.2, 0.25) is 0 Å². The molecule has 5 rings (SSSR count). The van der Waals surface area contributed by atoms with E-state index in [0.29, 0.717) is 19.6 Å². The molecule has 38 heavy (non-hydrogen) atoms. The number of nitrogens with zero attached hydrogens (tertiary/aromatic N) is 5. The summed E-state index contributed by atoms with van der Waals surface area (Å²) in [4.78, 5) is 18.7. The van der Waals surface area contributed by atoms with E-state index in [1.54, 1.807) is 0 Å². The van der Waals surface area contributed by atoms with Gasteiger partial charge in [0, 0.05) is 25.2 Å². The van der Waals surface area contributed by atoms with Gasteiger partial charge >= 0.3 is 0 Å². The molecule has 7 nitrogen and oxygen atoms in total. The molecule has 2 aromatic heterocycles. The lowest BCUT2D eigenvalue weighted by molar-refractivity contribution is 0.160. The van der Waals surface area contributed by atoms with Crippen molar-refractivity contribution >= 4 is 10.9 Å². The van der Waals surface area contributed by atoms with Crippen LogP contribution in [0.4, 0.5) is 0 Å². The highest BCUT2D eigenvalue weighted by Gasteiger charge is 2.26. The van der Waals surface area contributed by atoms with Crippen molar-refractivity contribution in [3.05, 3.63) is 123 Å². The number of fused-ring (bicyclic) bond motifs is 1. The quantitative estimate of drug-likeness (QED) is 0.270. The van der Waals surface area contributed by atoms with Crippen LogP contribution in [0.25, 0.3) is 10.9 Å². The van der Waals surface area contributed by atoms with Crippen LogP contribution in [0.1, 0.15) is 53.0 Å². The first kappa shape index (κ1) is 25.5. The number of rotatable bonds is 10. The van der Waals surface area contributed by atoms with Gasteiger partial charge in [0.15, 0.2) is 5.82 Å². The molecular formula is C31H34N6O. The maximum Gasteiger partial charge on any atom is 0.252 e. The molecule has 0 unspecified atom stereocenters. The van der Waals surface area contributed by atoms with E-state index in [0.717, 1.165) is 40.7 Å². The fourth-order valence-electron chi connectivity index (χ4n) is 5.26. The Labute approximate surface area is 223 Å². The number of hydrogen-bond donors (Lipinski definition) is 1. The number of pyridine rings is 1. The molecule has 0 aliphatic carbocycles. The normalized spacial score (nSPS) is 12.3. The monoisotopic (exact) mass is 506 g/mol. The smallest absolute Gasteiger partial charge is 0.252 e. The molecule has 0 amide bonds. The van der Waals surface area contributed by atoms with E-state index in [2.05, 4.69) is 87.8 Å². The zero-order valence-electron chi connectivity index (χ0n) is 22.3. The topological polar surface area (TPSA) is 79.7 Å². The summed E-state index contributed by atoms with van der Waals surface area (Å²) in [7, 11) is 0. The Bertz CT molecular complexity index is 1560. The van der Waals surface area contributed by atoms with Crippen LogP contribution >= 0.6 is 0 Å². The zero-order chi connectivity index (χ0) is 26.5. The van der Waals surface area contributed by atoms with Crippen molar-refractivity contribution in [2.75, 3.05) is 0 Å². The molecule has 0 aliphatic rings. The molecule has 0 bridgehead atoms. The summed E-state index contributed by atoms with van der Waals surface area (Å²) < 4.78 is 1.91. The van der Waals surface area contributed by atoms with Crippen molar-refractivity contribution < 1.29 is 0 Å². The lowest BCUT2D eigenvalue weighted by Gasteiger charge is -2.30. The van der Waals surface area contributed by atoms with E-state index in [1.807, 2.05) is 41.9 Å². The predicted molar refractivity (Wildman–Crippen MR) is 151 cm³/mol. The highest BCUT2D eigenvalue weighted by Crippen LogP contribution is 2.27. The third-order valence-corrected chi connectivity index (χ3v) is 7.11. The average Bonchev–Trinajstić information content (AvgIpc) is 3.38. The van der Waals surface area contributed by atoms with Gasteiger partial charge in [0.25, 0.3) is 5.56 Å². The molecule has 0 saturated carbocycles. The van der Waals surface area contributed by atoms with Crippen molar-refractivity contribution in [2.45, 2.75) is 59.3 Å². The number of H-pyrrole nitrogens is 1. The van der Waals surface area contributed by atoms with Crippen molar-refractivity contribution in [1.82, 2.24) is 30.1 Å². The van der Waals surface area contributed by atoms with Crippen LogP contribution in [0.15, 0.2) is 83.7 Å². The van der Waals surface area contributed by atoms with Crippen molar-refractivity contribution in [3.63, 3.8) is 0 Å². The van der Waals surface area contributed by atoms with E-state index >= 15 is 0 Å². The van der Waals surface area contributed by atoms with Crippen molar-refractivity contribution in [1.29, 1.82) is 0 Å². The van der Waals surface area contributed by atoms with E-state index in [-0.39, 0.29) is 11.6 Å². The first-order valence-corrected chi connectivity index (χ1v) is 13.2. The largest absolute Gasteiger partial charge is 0.321 e. The maximum atomic E-state index is 13.3. The maximum absolute atomic E-state index is 13.3. The number of nitrogens with one attached hydrogen (secondary N) is 1. The zero-order valence-corrected chi connectivity index (χ0v) is 22.3. The lowest BCUT2D eigenvalue weighted by Crippen LogP contribution is -2.32. The lowest BCUT2D eigenvalue weighted by atomic mass is 10.0. The van der Waals surface area contributed by atoms with Crippen LogP contribution in [-0.4, -0.2) is 30.1 Å². The first-order chi connectivity index (χ1) is 18.5. The molecule has 0 spiro atoms. The fraction of sp³-hybridized carbons (Fsp3) is 0.290. The predicted octanol–water partition coefficient (Wildman–Crippen LogP) is 5.53. The molecule has 194 valence electrons. The number of benzene rings is 3. The molecule has 0 radical (unpaired) electrons. The Kier molecular flexibility index (Phi) is 7.75. The third kappa shape index (κ3) is 5.73. The molecule has 7 heteroatoms. The standard InChI is InChI=1S/C31H34N6O/c1-4-28(30-33-34-35-37(30)16-15-24-11-7-5-8-12-24)36(20-25-13-9-6-10-14-25)21-27-19-26-18-22(2)17-23(3)29(26)32-31(27)38/h5-14,17-19,28H,4,15-16,20-21H2,1-3H3,(H,32,38)/t28-/m0/s1. The van der Waals surface area contributed by atoms with Gasteiger partial charge in [-0.05, 0) is 71.3 Å². The number of hydrogen-bond acceptors (Lipinski definition) is 5. The minimum Gasteiger partial charge on any atom is -0.321 e. The minimum absolute atomic E-state index is 0.0546. The molecular weight excluding hydrogens is 472 g/mol. The molecule has 1 N–H and O–H groups in total. The molecule has 3 aromatic carbocycles. The summed E-state index contributed by atoms with van der Waals surface area (Å²) in [5.41, 5.74) is 6.26. The van der Waals surface area contributed by atoms with Gasteiger partial charge in [-0.3, -0.25) is 9.69 Å². The Morgan fingerprint density at radius 1 is 0.921 bits per heavy atom. The molecule has 0 fully saturated rings. The third-order valence-electron chi connectivity index (χ3n) is 7.11. The summed E-state index contributed by atoms with van der Waals surface area (Å²) >= 11 is 0. The van der Waals surface area contributed by atoms with Gasteiger partial charge in [-0.2, -0.15) is 0 Å². The molecule has 0 aliphatic heterocycles. The highest BCUT2D eigenvalue weighted by molar-refractivity contribution is 5.82. The summed E-state index contributed by atoms with van der Waals surface area (Å²) in [6, 6.07) is 26.9. The van der Waals surface area contributed by atoms with Gasteiger partial charge in [-0.15, -0.1) is 5.10 Å². The summed E-state index contributed by atoms with van der Waals surface area (Å²) in [5.74, 6) is 0.822. The van der Waals surface area contributed by atoms with Crippen LogP contribution in [0, 0.1) is 13.8 Å². The van der Waals surface area contributed by atoms with E-state index in [4.69, 9.17) is 0 Å². The van der Waals surface area contributed by atoms with E-state index in [9.17, 15) is 4.79 Å². The van der Waals surface area contributed by atoms with Crippen molar-refractivity contribution in [2.24, 2.45) is 0 Å². The van der Waals surface area contributed by atoms with E-state index in [1.165, 1.54) is 16.7 Å². The number of tetrazole rings is 1. The van der Waals surface area contributed by atoms with Gasteiger partial charge in [-0.1, -0.05) is 79.2 Å². The van der Waals surface area contributed by atoms with Gasteiger partial charge in [-0.25, -0.2) is 4.68 Å². The molecule has 1 atom stereocenters. The second-order valence-electron chi connectivity index (χ2n) is 9.98. The Morgan fingerprint density at radius 2 is 1.63 bits per heavy atom. The summed E-state index contributed by atoms with van der Waals surface area (Å²) in [5, 5.41) is 13.9. The second kappa shape index (κ2) is 11.5. The van der Waals surface area contributed by atoms with Crippen LogP contribution < -0.4 is 5.56 Å². The van der Waals surface area contributed by atoms with Crippen LogP contribution in [-0.2, 0) is 26.1 Å². The van der Waals surface area contributed by atoms with Crippen molar-refractivity contribution in [3.8, 4) is 0 Å². The van der Waals surface area contributed by atoms with Crippen LogP contribution in [0.3, 0.4) is 0 Å². The SMILES string of the molecule is CC[C@@H](c1nnnn1CCc1ccccc1)N(Cc1ccccc1)Cc1cc2cc(C)cc(C)c2[nH]c1=O. The average molecular weight is 507 g/mol. The van der Waals surface area contributed by atoms with Gasteiger partial charge < -0.3 is 4.98 Å². The Balaban J connectivity index is 1.49. The van der Waals surface area contributed by atoms with E-state index < -0.39 is 0 Å². The summed E-state index contributed by atoms with van der Waals surface area (Å²) in [6.45, 7) is 8.12. The summed E-state index contributed by atoms with van der Waals surface area (Å²) in [6.07, 6.45) is 1.65. The number of aryl methyl sites for hydroxylation is 4. The molecule has 5 aromatic rings. The Morgan fingerprint density at radius 3 is 2.34 bits per heavy atom. The highest BCUT2D eigenvalue weighted by atomic mass is 16.1. The number of aromatic nitrogens is 5. The molecule has 2 heterocycles. The fourth-order valence-corrected chi connectivity index (χ4v) is 5.26. The second-order valence-corrected chi connectivity index (χ2v) is 9.98. The van der Waals surface area contributed by atoms with Gasteiger partial charge in [0.1, 0.15) is 0 Å². The Hall–Kier alpha value is -4.10. The minimum atomic E-state index is -0.0599. The van der Waals surface area contributed by atoms with Crippen LogP contribution in [0.5, 0.6) is 0 Å². The number of aromatic amines is 1. The van der Waals surface area contributed by atoms with Gasteiger partial charge in [0.05, 0.1) is 11.6 Å². The van der Waals surface area contributed by atoms with Gasteiger partial charge in [0.2, 0.25) is 0 Å². The first-order valence-electron chi connectivity index (χ1n) is 13.2. The molecule has 0 saturated heterocycles.